The predicted molar refractivity (Wildman–Crippen MR) is 126 cm³/mol. The lowest BCUT2D eigenvalue weighted by atomic mass is 9.95. The van der Waals surface area contributed by atoms with E-state index in [1.165, 1.54) is 4.68 Å². The van der Waals surface area contributed by atoms with Gasteiger partial charge in [0.25, 0.3) is 0 Å². The van der Waals surface area contributed by atoms with Gasteiger partial charge < -0.3 is 4.90 Å². The van der Waals surface area contributed by atoms with Gasteiger partial charge in [0.1, 0.15) is 5.82 Å². The van der Waals surface area contributed by atoms with E-state index in [-0.39, 0.29) is 34.9 Å². The summed E-state index contributed by atoms with van der Waals surface area (Å²) in [4.78, 5) is 27.7. The van der Waals surface area contributed by atoms with Crippen molar-refractivity contribution in [3.8, 4) is 0 Å². The molecule has 0 bridgehead atoms. The Balaban J connectivity index is 1.38. The summed E-state index contributed by atoms with van der Waals surface area (Å²) >= 11 is 0. The van der Waals surface area contributed by atoms with Crippen LogP contribution in [0.1, 0.15) is 75.7 Å². The van der Waals surface area contributed by atoms with Crippen LogP contribution in [0.2, 0.25) is 0 Å². The summed E-state index contributed by atoms with van der Waals surface area (Å²) in [6, 6.07) is 6.90. The van der Waals surface area contributed by atoms with Gasteiger partial charge in [0.15, 0.2) is 9.84 Å². The van der Waals surface area contributed by atoms with Gasteiger partial charge in [-0.15, -0.1) is 0 Å². The summed E-state index contributed by atoms with van der Waals surface area (Å²) in [5.74, 6) is 1.11. The van der Waals surface area contributed by atoms with Crippen molar-refractivity contribution in [1.82, 2.24) is 19.2 Å². The van der Waals surface area contributed by atoms with Gasteiger partial charge in [0.05, 0.1) is 16.6 Å². The number of likely N-dealkylation sites (tertiary alicyclic amines) is 1. The average molecular weight is 475 g/mol. The summed E-state index contributed by atoms with van der Waals surface area (Å²) in [5, 5.41) is 4.09. The molecule has 2 aromatic rings. The lowest BCUT2D eigenvalue weighted by molar-refractivity contribution is -0.131. The molecule has 2 heterocycles. The molecule has 0 spiro atoms. The van der Waals surface area contributed by atoms with E-state index in [9.17, 15) is 18.0 Å². The maximum Gasteiger partial charge on any atom is 0.345 e. The minimum atomic E-state index is -3.31. The Hall–Kier alpha value is -2.42. The second-order valence-corrected chi connectivity index (χ2v) is 12.1. The number of carbonyl (C=O) groups excluding carboxylic acids is 1. The molecular formula is C24H34N4O4S. The molecule has 0 atom stereocenters. The molecule has 1 amide bonds. The molecule has 1 aliphatic heterocycles. The molecule has 1 aromatic heterocycles. The van der Waals surface area contributed by atoms with Gasteiger partial charge in [-0.05, 0) is 57.2 Å². The Morgan fingerprint density at radius 1 is 1.06 bits per heavy atom. The maximum absolute atomic E-state index is 12.9. The van der Waals surface area contributed by atoms with Gasteiger partial charge in [-0.25, -0.2) is 17.9 Å². The van der Waals surface area contributed by atoms with Crippen LogP contribution in [0.4, 0.5) is 0 Å². The third-order valence-corrected chi connectivity index (χ3v) is 9.28. The van der Waals surface area contributed by atoms with E-state index in [2.05, 4.69) is 5.10 Å². The molecule has 33 heavy (non-hydrogen) atoms. The Morgan fingerprint density at radius 2 is 1.67 bits per heavy atom. The van der Waals surface area contributed by atoms with Gasteiger partial charge in [-0.3, -0.25) is 9.36 Å². The SMILES string of the molecule is CC(C)S(=O)(=O)c1ccc(CC(=O)N2CCC(c3nn(C)c(=O)n3C3CCCC3)CC2)cc1. The first-order valence-electron chi connectivity index (χ1n) is 11.9. The third-order valence-electron chi connectivity index (χ3n) is 7.11. The van der Waals surface area contributed by atoms with Crippen LogP contribution in [-0.2, 0) is 28.1 Å². The second kappa shape index (κ2) is 9.44. The molecule has 8 nitrogen and oxygen atoms in total. The zero-order chi connectivity index (χ0) is 23.8. The van der Waals surface area contributed by atoms with E-state index in [1.807, 2.05) is 9.47 Å². The Kier molecular flexibility index (Phi) is 6.79. The monoisotopic (exact) mass is 474 g/mol. The minimum absolute atomic E-state index is 0.0293. The van der Waals surface area contributed by atoms with Gasteiger partial charge >= 0.3 is 5.69 Å². The van der Waals surface area contributed by atoms with Crippen LogP contribution in [0.5, 0.6) is 0 Å². The number of piperidine rings is 1. The van der Waals surface area contributed by atoms with E-state index in [0.717, 1.165) is 49.9 Å². The standard InChI is InChI=1S/C24H34N4O4S/c1-17(2)33(31,32)21-10-8-18(9-11-21)16-22(29)27-14-12-19(13-15-27)23-25-26(3)24(30)28(23)20-6-4-5-7-20/h8-11,17,19-20H,4-7,12-16H2,1-3H3. The van der Waals surface area contributed by atoms with Gasteiger partial charge in [0, 0.05) is 32.1 Å². The summed E-state index contributed by atoms with van der Waals surface area (Å²) < 4.78 is 27.9. The molecule has 1 saturated carbocycles. The molecule has 0 N–H and O–H groups in total. The smallest absolute Gasteiger partial charge is 0.342 e. The third kappa shape index (κ3) is 4.78. The lowest BCUT2D eigenvalue weighted by Gasteiger charge is -2.32. The molecule has 2 fully saturated rings. The molecule has 2 aliphatic rings. The van der Waals surface area contributed by atoms with Crippen LogP contribution in [-0.4, -0.2) is 51.9 Å². The highest BCUT2D eigenvalue weighted by Crippen LogP contribution is 2.33. The summed E-state index contributed by atoms with van der Waals surface area (Å²) in [5.41, 5.74) is 0.781. The van der Waals surface area contributed by atoms with Crippen molar-refractivity contribution in [2.45, 2.75) is 80.9 Å². The van der Waals surface area contributed by atoms with Crippen LogP contribution in [0.15, 0.2) is 34.0 Å². The van der Waals surface area contributed by atoms with Gasteiger partial charge in [0.2, 0.25) is 5.91 Å². The number of hydrogen-bond acceptors (Lipinski definition) is 5. The summed E-state index contributed by atoms with van der Waals surface area (Å²) in [6.45, 7) is 4.60. The van der Waals surface area contributed by atoms with E-state index in [4.69, 9.17) is 0 Å². The van der Waals surface area contributed by atoms with Crippen molar-refractivity contribution in [3.05, 3.63) is 46.1 Å². The largest absolute Gasteiger partial charge is 0.345 e. The average Bonchev–Trinajstić information content (AvgIpc) is 3.42. The molecule has 1 aromatic carbocycles. The normalized spacial score (nSPS) is 18.4. The number of carbonyl (C=O) groups is 1. The van der Waals surface area contributed by atoms with Crippen molar-refractivity contribution in [2.24, 2.45) is 7.05 Å². The number of amides is 1. The van der Waals surface area contributed by atoms with Crippen LogP contribution < -0.4 is 5.69 Å². The number of rotatable bonds is 6. The second-order valence-electron chi connectivity index (χ2n) is 9.64. The Labute approximate surface area is 195 Å². The highest BCUT2D eigenvalue weighted by atomic mass is 32.2. The van der Waals surface area contributed by atoms with Crippen molar-refractivity contribution >= 4 is 15.7 Å². The number of nitrogens with zero attached hydrogens (tertiary/aromatic N) is 4. The van der Waals surface area contributed by atoms with Gasteiger partial charge in [-0.2, -0.15) is 5.10 Å². The summed E-state index contributed by atoms with van der Waals surface area (Å²) in [6.07, 6.45) is 6.22. The van der Waals surface area contributed by atoms with Crippen molar-refractivity contribution in [2.75, 3.05) is 13.1 Å². The molecule has 180 valence electrons. The first kappa shape index (κ1) is 23.7. The molecule has 1 aliphatic carbocycles. The number of benzene rings is 1. The molecule has 1 saturated heterocycles. The van der Waals surface area contributed by atoms with E-state index < -0.39 is 15.1 Å². The molecular weight excluding hydrogens is 440 g/mol. The molecule has 4 rings (SSSR count). The fourth-order valence-electron chi connectivity index (χ4n) is 5.03. The quantitative estimate of drug-likeness (QED) is 0.642. The fourth-order valence-corrected chi connectivity index (χ4v) is 6.09. The van der Waals surface area contributed by atoms with Crippen LogP contribution in [0.3, 0.4) is 0 Å². The van der Waals surface area contributed by atoms with Crippen LogP contribution in [0, 0.1) is 0 Å². The fraction of sp³-hybridized carbons (Fsp3) is 0.625. The highest BCUT2D eigenvalue weighted by molar-refractivity contribution is 7.92. The van der Waals surface area contributed by atoms with E-state index in [1.54, 1.807) is 45.2 Å². The van der Waals surface area contributed by atoms with Crippen LogP contribution >= 0.6 is 0 Å². The molecule has 0 unspecified atom stereocenters. The predicted octanol–water partition coefficient (Wildman–Crippen LogP) is 2.83. The number of hydrogen-bond donors (Lipinski definition) is 0. The number of sulfone groups is 1. The minimum Gasteiger partial charge on any atom is -0.342 e. The molecule has 9 heteroatoms. The van der Waals surface area contributed by atoms with E-state index >= 15 is 0 Å². The molecule has 0 radical (unpaired) electrons. The Bertz CT molecular complexity index is 1150. The first-order valence-corrected chi connectivity index (χ1v) is 13.5. The van der Waals surface area contributed by atoms with E-state index in [0.29, 0.717) is 13.1 Å². The van der Waals surface area contributed by atoms with Crippen molar-refractivity contribution < 1.29 is 13.2 Å². The summed E-state index contributed by atoms with van der Waals surface area (Å²) in [7, 11) is -1.60. The zero-order valence-electron chi connectivity index (χ0n) is 19.7. The Morgan fingerprint density at radius 3 is 2.24 bits per heavy atom. The number of aromatic nitrogens is 3. The topological polar surface area (TPSA) is 94.3 Å². The number of aryl methyl sites for hydroxylation is 1. The lowest BCUT2D eigenvalue weighted by Crippen LogP contribution is -2.39. The van der Waals surface area contributed by atoms with Gasteiger partial charge in [-0.1, -0.05) is 25.0 Å². The zero-order valence-corrected chi connectivity index (χ0v) is 20.6. The maximum atomic E-state index is 12.9. The van der Waals surface area contributed by atoms with Crippen molar-refractivity contribution in [3.63, 3.8) is 0 Å². The van der Waals surface area contributed by atoms with Crippen LogP contribution in [0.25, 0.3) is 0 Å². The first-order chi connectivity index (χ1) is 15.7. The highest BCUT2D eigenvalue weighted by Gasteiger charge is 2.31. The van der Waals surface area contributed by atoms with Crippen molar-refractivity contribution in [1.29, 1.82) is 0 Å².